The molecule has 0 unspecified atom stereocenters. The third kappa shape index (κ3) is 2.71. The zero-order valence-corrected chi connectivity index (χ0v) is 10.6. The summed E-state index contributed by atoms with van der Waals surface area (Å²) in [7, 11) is 0. The largest absolute Gasteiger partial charge is 0.294 e. The van der Waals surface area contributed by atoms with Gasteiger partial charge in [0.05, 0.1) is 6.61 Å². The smallest absolute Gasteiger partial charge is 0.0936 e. The first-order chi connectivity index (χ1) is 8.92. The molecule has 2 nitrogen and oxygen atoms in total. The Bertz CT molecular complexity index is 517. The summed E-state index contributed by atoms with van der Waals surface area (Å²) in [5.41, 5.74) is 1.25. The van der Waals surface area contributed by atoms with Crippen LogP contribution in [0.3, 0.4) is 0 Å². The molecule has 1 heterocycles. The summed E-state index contributed by atoms with van der Waals surface area (Å²) in [5, 5.41) is 4.69. The molecule has 18 heavy (non-hydrogen) atoms. The summed E-state index contributed by atoms with van der Waals surface area (Å²) in [4.78, 5) is 5.85. The topological polar surface area (TPSA) is 12.5 Å². The molecule has 2 heteroatoms. The van der Waals surface area contributed by atoms with Gasteiger partial charge in [-0.1, -0.05) is 42.8 Å². The zero-order valence-electron chi connectivity index (χ0n) is 10.6. The highest BCUT2D eigenvalue weighted by Gasteiger charge is 2.10. The maximum Gasteiger partial charge on any atom is 0.0936 e. The quantitative estimate of drug-likeness (QED) is 0.811. The first-order valence-corrected chi connectivity index (χ1v) is 6.77. The molecule has 0 radical (unpaired) electrons. The number of benzene rings is 2. The second-order valence-electron chi connectivity index (χ2n) is 4.94. The van der Waals surface area contributed by atoms with Gasteiger partial charge in [-0.3, -0.25) is 4.84 Å². The van der Waals surface area contributed by atoms with Crippen LogP contribution in [-0.4, -0.2) is 18.2 Å². The van der Waals surface area contributed by atoms with Gasteiger partial charge < -0.3 is 0 Å². The molecule has 0 spiro atoms. The molecule has 1 fully saturated rings. The van der Waals surface area contributed by atoms with Crippen LogP contribution in [0.1, 0.15) is 24.8 Å². The number of hydrogen-bond donors (Lipinski definition) is 0. The van der Waals surface area contributed by atoms with E-state index in [9.17, 15) is 0 Å². The van der Waals surface area contributed by atoms with Crippen LogP contribution in [0.25, 0.3) is 10.8 Å². The molecule has 2 aromatic rings. The molecule has 1 saturated heterocycles. The van der Waals surface area contributed by atoms with Crippen molar-refractivity contribution in [2.24, 2.45) is 0 Å². The lowest BCUT2D eigenvalue weighted by molar-refractivity contribution is -0.178. The van der Waals surface area contributed by atoms with Crippen molar-refractivity contribution >= 4 is 10.8 Å². The van der Waals surface area contributed by atoms with Crippen LogP contribution in [0.5, 0.6) is 0 Å². The van der Waals surface area contributed by atoms with E-state index in [1.165, 1.54) is 35.6 Å². The SMILES string of the molecule is c1ccc2cc(CON3CCCCC3)ccc2c1. The van der Waals surface area contributed by atoms with E-state index < -0.39 is 0 Å². The van der Waals surface area contributed by atoms with Crippen molar-refractivity contribution in [1.82, 2.24) is 5.06 Å². The molecular formula is C16H19NO. The van der Waals surface area contributed by atoms with Gasteiger partial charge in [0.2, 0.25) is 0 Å². The minimum atomic E-state index is 0.685. The van der Waals surface area contributed by atoms with Crippen LogP contribution in [0.2, 0.25) is 0 Å². The predicted molar refractivity (Wildman–Crippen MR) is 74.2 cm³/mol. The molecular weight excluding hydrogens is 222 g/mol. The van der Waals surface area contributed by atoms with E-state index in [2.05, 4.69) is 47.5 Å². The Balaban J connectivity index is 1.66. The van der Waals surface area contributed by atoms with Gasteiger partial charge >= 0.3 is 0 Å². The standard InChI is InChI=1S/C16H19NO/c1-4-10-17(11-5-1)18-13-14-8-9-15-6-2-3-7-16(15)12-14/h2-3,6-9,12H,1,4-5,10-11,13H2. The van der Waals surface area contributed by atoms with Gasteiger partial charge in [0.1, 0.15) is 0 Å². The summed E-state index contributed by atoms with van der Waals surface area (Å²) in [6.07, 6.45) is 3.87. The fourth-order valence-electron chi connectivity index (χ4n) is 2.49. The van der Waals surface area contributed by atoms with E-state index in [-0.39, 0.29) is 0 Å². The van der Waals surface area contributed by atoms with Crippen molar-refractivity contribution in [1.29, 1.82) is 0 Å². The van der Waals surface area contributed by atoms with Crippen molar-refractivity contribution in [2.75, 3.05) is 13.1 Å². The van der Waals surface area contributed by atoms with E-state index >= 15 is 0 Å². The molecule has 2 aromatic carbocycles. The lowest BCUT2D eigenvalue weighted by Gasteiger charge is -2.25. The van der Waals surface area contributed by atoms with Crippen LogP contribution >= 0.6 is 0 Å². The van der Waals surface area contributed by atoms with Crippen LogP contribution in [-0.2, 0) is 11.4 Å². The van der Waals surface area contributed by atoms with E-state index in [0.717, 1.165) is 13.1 Å². The highest BCUT2D eigenvalue weighted by atomic mass is 16.7. The minimum absolute atomic E-state index is 0.685. The first kappa shape index (κ1) is 11.7. The average Bonchev–Trinajstić information content (AvgIpc) is 2.46. The molecule has 0 N–H and O–H groups in total. The third-order valence-electron chi connectivity index (χ3n) is 3.54. The molecule has 0 aliphatic carbocycles. The number of piperidine rings is 1. The number of rotatable bonds is 3. The molecule has 0 saturated carbocycles. The van der Waals surface area contributed by atoms with Gasteiger partial charge in [0, 0.05) is 13.1 Å². The van der Waals surface area contributed by atoms with Crippen molar-refractivity contribution in [2.45, 2.75) is 25.9 Å². The Morgan fingerprint density at radius 2 is 1.67 bits per heavy atom. The average molecular weight is 241 g/mol. The van der Waals surface area contributed by atoms with Gasteiger partial charge in [-0.15, -0.1) is 0 Å². The Labute approximate surface area is 108 Å². The van der Waals surface area contributed by atoms with Crippen LogP contribution in [0, 0.1) is 0 Å². The molecule has 0 amide bonds. The number of hydroxylamine groups is 2. The maximum atomic E-state index is 5.85. The maximum absolute atomic E-state index is 5.85. The van der Waals surface area contributed by atoms with Gasteiger partial charge in [0.25, 0.3) is 0 Å². The molecule has 94 valence electrons. The fraction of sp³-hybridized carbons (Fsp3) is 0.375. The third-order valence-corrected chi connectivity index (χ3v) is 3.54. The molecule has 1 aliphatic rings. The highest BCUT2D eigenvalue weighted by molar-refractivity contribution is 5.82. The Morgan fingerprint density at radius 1 is 0.889 bits per heavy atom. The van der Waals surface area contributed by atoms with Crippen LogP contribution in [0.15, 0.2) is 42.5 Å². The van der Waals surface area contributed by atoms with E-state index in [4.69, 9.17) is 4.84 Å². The normalized spacial score (nSPS) is 17.1. The Morgan fingerprint density at radius 3 is 2.50 bits per heavy atom. The van der Waals surface area contributed by atoms with E-state index in [1.54, 1.807) is 0 Å². The Hall–Kier alpha value is -1.38. The molecule has 0 atom stereocenters. The lowest BCUT2D eigenvalue weighted by Crippen LogP contribution is -2.29. The number of hydrogen-bond acceptors (Lipinski definition) is 2. The highest BCUT2D eigenvalue weighted by Crippen LogP contribution is 2.17. The van der Waals surface area contributed by atoms with Crippen molar-refractivity contribution in [3.8, 4) is 0 Å². The van der Waals surface area contributed by atoms with Crippen molar-refractivity contribution < 1.29 is 4.84 Å². The van der Waals surface area contributed by atoms with Crippen molar-refractivity contribution in [3.05, 3.63) is 48.0 Å². The lowest BCUT2D eigenvalue weighted by atomic mass is 10.1. The summed E-state index contributed by atoms with van der Waals surface area (Å²) >= 11 is 0. The molecule has 1 aliphatic heterocycles. The summed E-state index contributed by atoms with van der Waals surface area (Å²) in [6.45, 7) is 2.84. The van der Waals surface area contributed by atoms with E-state index in [0.29, 0.717) is 6.61 Å². The molecule has 0 bridgehead atoms. The number of nitrogens with zero attached hydrogens (tertiary/aromatic N) is 1. The number of fused-ring (bicyclic) bond motifs is 1. The molecule has 0 aromatic heterocycles. The van der Waals surface area contributed by atoms with Gasteiger partial charge in [-0.2, -0.15) is 5.06 Å². The van der Waals surface area contributed by atoms with Gasteiger partial charge in [0.15, 0.2) is 0 Å². The summed E-state index contributed by atoms with van der Waals surface area (Å²) in [5.74, 6) is 0. The molecule has 3 rings (SSSR count). The van der Waals surface area contributed by atoms with Crippen LogP contribution in [0.4, 0.5) is 0 Å². The second-order valence-corrected chi connectivity index (χ2v) is 4.94. The van der Waals surface area contributed by atoms with E-state index in [1.807, 2.05) is 0 Å². The van der Waals surface area contributed by atoms with Gasteiger partial charge in [-0.25, -0.2) is 0 Å². The fourth-order valence-corrected chi connectivity index (χ4v) is 2.49. The second kappa shape index (κ2) is 5.51. The van der Waals surface area contributed by atoms with Crippen LogP contribution < -0.4 is 0 Å². The first-order valence-electron chi connectivity index (χ1n) is 6.77. The van der Waals surface area contributed by atoms with Gasteiger partial charge in [-0.05, 0) is 35.2 Å². The zero-order chi connectivity index (χ0) is 12.2. The summed E-state index contributed by atoms with van der Waals surface area (Å²) in [6, 6.07) is 15.0. The summed E-state index contributed by atoms with van der Waals surface area (Å²) < 4.78 is 0. The van der Waals surface area contributed by atoms with Crippen molar-refractivity contribution in [3.63, 3.8) is 0 Å². The Kier molecular flexibility index (Phi) is 3.58. The monoisotopic (exact) mass is 241 g/mol. The minimum Gasteiger partial charge on any atom is -0.294 e. The predicted octanol–water partition coefficient (Wildman–Crippen LogP) is 3.76.